The molecule has 27 heavy (non-hydrogen) atoms. The van der Waals surface area contributed by atoms with Crippen LogP contribution in [-0.2, 0) is 13.0 Å². The van der Waals surface area contributed by atoms with Gasteiger partial charge in [0.1, 0.15) is 0 Å². The van der Waals surface area contributed by atoms with Crippen LogP contribution in [0, 0.1) is 0 Å². The highest BCUT2D eigenvalue weighted by atomic mass is 127. The maximum Gasteiger partial charge on any atom is 0.191 e. The molecule has 0 radical (unpaired) electrons. The van der Waals surface area contributed by atoms with Crippen molar-refractivity contribution in [2.24, 2.45) is 4.99 Å². The van der Waals surface area contributed by atoms with Crippen molar-refractivity contribution >= 4 is 51.5 Å². The molecule has 1 aromatic carbocycles. The predicted molar refractivity (Wildman–Crippen MR) is 122 cm³/mol. The molecule has 0 saturated heterocycles. The molecule has 0 fully saturated rings. The van der Waals surface area contributed by atoms with Crippen LogP contribution in [0.4, 0.5) is 0 Å². The Bertz CT molecular complexity index is 841. The van der Waals surface area contributed by atoms with Gasteiger partial charge in [-0.2, -0.15) is 0 Å². The Kier molecular flexibility index (Phi) is 8.49. The molecule has 0 aliphatic heterocycles. The number of para-hydroxylation sites is 1. The van der Waals surface area contributed by atoms with E-state index in [0.29, 0.717) is 12.5 Å². The number of benzene rings is 1. The van der Waals surface area contributed by atoms with Crippen molar-refractivity contribution in [1.29, 1.82) is 0 Å². The van der Waals surface area contributed by atoms with E-state index < -0.39 is 0 Å². The van der Waals surface area contributed by atoms with E-state index in [1.165, 1.54) is 9.71 Å². The number of rotatable bonds is 7. The minimum absolute atomic E-state index is 0. The number of aromatic nitrogens is 2. The fourth-order valence-electron chi connectivity index (χ4n) is 2.55. The van der Waals surface area contributed by atoms with Crippen molar-refractivity contribution in [2.45, 2.75) is 39.2 Å². The Labute approximate surface area is 180 Å². The second kappa shape index (κ2) is 10.6. The van der Waals surface area contributed by atoms with Crippen LogP contribution < -0.4 is 10.6 Å². The number of hydrogen-bond donors (Lipinski definition) is 2. The van der Waals surface area contributed by atoms with Gasteiger partial charge in [0.05, 0.1) is 27.5 Å². The Hall–Kier alpha value is -1.68. The summed E-state index contributed by atoms with van der Waals surface area (Å²) in [5, 5.41) is 11.8. The molecule has 3 rings (SSSR count). The number of aryl methyl sites for hydroxylation is 1. The Balaban J connectivity index is 0.00000261. The minimum Gasteiger partial charge on any atom is -0.359 e. The van der Waals surface area contributed by atoms with E-state index >= 15 is 0 Å². The average Bonchev–Trinajstić information content (AvgIpc) is 3.27. The molecule has 2 aromatic heterocycles. The van der Waals surface area contributed by atoms with Gasteiger partial charge in [-0.25, -0.2) is 4.98 Å². The lowest BCUT2D eigenvalue weighted by molar-refractivity contribution is 0.372. The zero-order valence-electron chi connectivity index (χ0n) is 15.9. The smallest absolute Gasteiger partial charge is 0.191 e. The van der Waals surface area contributed by atoms with Gasteiger partial charge in [0.25, 0.3) is 0 Å². The molecular formula is C19H26IN5OS. The van der Waals surface area contributed by atoms with E-state index in [2.05, 4.69) is 57.8 Å². The molecule has 3 aromatic rings. The summed E-state index contributed by atoms with van der Waals surface area (Å²) in [6.07, 6.45) is 1.96. The highest BCUT2D eigenvalue weighted by Crippen LogP contribution is 2.22. The Morgan fingerprint density at radius 1 is 1.26 bits per heavy atom. The van der Waals surface area contributed by atoms with Gasteiger partial charge in [0, 0.05) is 26.1 Å². The Morgan fingerprint density at radius 3 is 2.78 bits per heavy atom. The standard InChI is InChI=1S/C19H25N5OS.HI/c1-13(2)16-11-14(25-24-16)12-22-19(20-3)21-10-6-9-18-23-15-7-4-5-8-17(15)26-18;/h4-5,7-8,11,13H,6,9-10,12H2,1-3H3,(H2,20,21,22);1H. The van der Waals surface area contributed by atoms with E-state index in [9.17, 15) is 0 Å². The highest BCUT2D eigenvalue weighted by Gasteiger charge is 2.08. The van der Waals surface area contributed by atoms with Gasteiger partial charge in [0.15, 0.2) is 11.7 Å². The van der Waals surface area contributed by atoms with E-state index in [1.807, 2.05) is 12.1 Å². The fraction of sp³-hybridized carbons (Fsp3) is 0.421. The first-order valence-electron chi connectivity index (χ1n) is 8.90. The van der Waals surface area contributed by atoms with Crippen molar-refractivity contribution in [3.8, 4) is 0 Å². The quantitative estimate of drug-likeness (QED) is 0.219. The van der Waals surface area contributed by atoms with Gasteiger partial charge >= 0.3 is 0 Å². The fourth-order valence-corrected chi connectivity index (χ4v) is 3.56. The molecule has 0 atom stereocenters. The molecule has 0 amide bonds. The summed E-state index contributed by atoms with van der Waals surface area (Å²) in [7, 11) is 1.77. The molecule has 146 valence electrons. The Morgan fingerprint density at radius 2 is 2.07 bits per heavy atom. The highest BCUT2D eigenvalue weighted by molar-refractivity contribution is 14.0. The lowest BCUT2D eigenvalue weighted by atomic mass is 10.1. The van der Waals surface area contributed by atoms with E-state index in [1.54, 1.807) is 18.4 Å². The summed E-state index contributed by atoms with van der Waals surface area (Å²) in [6, 6.07) is 10.3. The van der Waals surface area contributed by atoms with Crippen LogP contribution in [0.2, 0.25) is 0 Å². The molecule has 0 spiro atoms. The van der Waals surface area contributed by atoms with Gasteiger partial charge in [-0.1, -0.05) is 31.1 Å². The van der Waals surface area contributed by atoms with Crippen LogP contribution in [0.3, 0.4) is 0 Å². The number of thiazole rings is 1. The van der Waals surface area contributed by atoms with Gasteiger partial charge in [0.2, 0.25) is 0 Å². The molecule has 8 heteroatoms. The van der Waals surface area contributed by atoms with E-state index in [4.69, 9.17) is 4.52 Å². The first kappa shape index (κ1) is 21.6. The zero-order valence-corrected chi connectivity index (χ0v) is 19.0. The third-order valence-corrected chi connectivity index (χ3v) is 5.12. The van der Waals surface area contributed by atoms with Gasteiger partial charge in [-0.15, -0.1) is 35.3 Å². The maximum atomic E-state index is 5.33. The zero-order chi connectivity index (χ0) is 18.4. The molecule has 6 nitrogen and oxygen atoms in total. The number of hydrogen-bond acceptors (Lipinski definition) is 5. The topological polar surface area (TPSA) is 75.3 Å². The van der Waals surface area contributed by atoms with Crippen LogP contribution in [0.1, 0.15) is 42.6 Å². The lowest BCUT2D eigenvalue weighted by Crippen LogP contribution is -2.37. The third-order valence-electron chi connectivity index (χ3n) is 4.02. The molecule has 0 aliphatic rings. The van der Waals surface area contributed by atoms with E-state index in [-0.39, 0.29) is 24.0 Å². The third kappa shape index (κ3) is 6.17. The number of aliphatic imine (C=N–C) groups is 1. The number of fused-ring (bicyclic) bond motifs is 1. The minimum atomic E-state index is 0. The van der Waals surface area contributed by atoms with Crippen LogP contribution in [0.15, 0.2) is 39.8 Å². The first-order chi connectivity index (χ1) is 12.7. The molecule has 2 N–H and O–H groups in total. The molecule has 0 aliphatic carbocycles. The van der Waals surface area contributed by atoms with Crippen molar-refractivity contribution in [3.63, 3.8) is 0 Å². The van der Waals surface area contributed by atoms with Crippen LogP contribution >= 0.6 is 35.3 Å². The second-order valence-corrected chi connectivity index (χ2v) is 7.52. The number of guanidine groups is 1. The summed E-state index contributed by atoms with van der Waals surface area (Å²) in [5.74, 6) is 1.94. The van der Waals surface area contributed by atoms with Crippen molar-refractivity contribution in [3.05, 3.63) is 46.8 Å². The molecular weight excluding hydrogens is 473 g/mol. The monoisotopic (exact) mass is 499 g/mol. The molecule has 0 unspecified atom stereocenters. The lowest BCUT2D eigenvalue weighted by Gasteiger charge is -2.10. The summed E-state index contributed by atoms with van der Waals surface area (Å²) < 4.78 is 6.58. The summed E-state index contributed by atoms with van der Waals surface area (Å²) in [5.41, 5.74) is 2.06. The van der Waals surface area contributed by atoms with Gasteiger partial charge in [-0.05, 0) is 24.5 Å². The molecule has 0 saturated carbocycles. The van der Waals surface area contributed by atoms with Crippen LogP contribution in [0.25, 0.3) is 10.2 Å². The number of halogens is 1. The summed E-state index contributed by atoms with van der Waals surface area (Å²) in [6.45, 7) is 5.60. The number of nitrogens with one attached hydrogen (secondary N) is 2. The second-order valence-electron chi connectivity index (χ2n) is 6.40. The largest absolute Gasteiger partial charge is 0.359 e. The maximum absolute atomic E-state index is 5.33. The SMILES string of the molecule is CN=C(NCCCc1nc2ccccc2s1)NCc1cc(C(C)C)no1.I. The average molecular weight is 499 g/mol. The van der Waals surface area contributed by atoms with E-state index in [0.717, 1.165) is 42.3 Å². The number of nitrogens with zero attached hydrogens (tertiary/aromatic N) is 3. The van der Waals surface area contributed by atoms with Crippen molar-refractivity contribution in [1.82, 2.24) is 20.8 Å². The molecule has 2 heterocycles. The molecule has 0 bridgehead atoms. The predicted octanol–water partition coefficient (Wildman–Crippen LogP) is 4.32. The normalized spacial score (nSPS) is 11.6. The van der Waals surface area contributed by atoms with Crippen LogP contribution in [-0.4, -0.2) is 29.7 Å². The first-order valence-corrected chi connectivity index (χ1v) is 9.72. The van der Waals surface area contributed by atoms with Crippen LogP contribution in [0.5, 0.6) is 0 Å². The summed E-state index contributed by atoms with van der Waals surface area (Å²) in [4.78, 5) is 8.91. The summed E-state index contributed by atoms with van der Waals surface area (Å²) >= 11 is 1.77. The van der Waals surface area contributed by atoms with Gasteiger partial charge < -0.3 is 15.2 Å². The van der Waals surface area contributed by atoms with Gasteiger partial charge in [-0.3, -0.25) is 4.99 Å². The van der Waals surface area contributed by atoms with Crippen molar-refractivity contribution in [2.75, 3.05) is 13.6 Å². The van der Waals surface area contributed by atoms with Crippen molar-refractivity contribution < 1.29 is 4.52 Å².